The molecule has 1 atom stereocenters. The number of hydrogen-bond donors (Lipinski definition) is 1. The first-order valence-electron chi connectivity index (χ1n) is 7.54. The second kappa shape index (κ2) is 8.28. The van der Waals surface area contributed by atoms with Crippen LogP contribution in [0.25, 0.3) is 10.8 Å². The number of nitrogens with zero attached hydrogens (tertiary/aromatic N) is 2. The van der Waals surface area contributed by atoms with E-state index >= 15 is 0 Å². The predicted molar refractivity (Wildman–Crippen MR) is 96.3 cm³/mol. The minimum atomic E-state index is -0.686. The lowest BCUT2D eigenvalue weighted by Crippen LogP contribution is -2.20. The third-order valence-electron chi connectivity index (χ3n) is 3.24. The molecule has 3 aromatic rings. The van der Waals surface area contributed by atoms with Crippen molar-refractivity contribution in [2.45, 2.75) is 18.3 Å². The summed E-state index contributed by atoms with van der Waals surface area (Å²) in [5.41, 5.74) is 0.626. The van der Waals surface area contributed by atoms with Crippen molar-refractivity contribution in [3.63, 3.8) is 0 Å². The number of aliphatic hydroxyl groups excluding tert-OH is 1. The molecule has 3 rings (SSSR count). The quantitative estimate of drug-likeness (QED) is 0.475. The number of ketones is 1. The van der Waals surface area contributed by atoms with Gasteiger partial charge in [0.2, 0.25) is 0 Å². The molecule has 130 valence electrons. The number of rotatable bonds is 8. The van der Waals surface area contributed by atoms with Gasteiger partial charge in [-0.25, -0.2) is 0 Å². The average molecular weight is 376 g/mol. The molecule has 0 fully saturated rings. The average Bonchev–Trinajstić information content (AvgIpc) is 3.29. The molecule has 8 heteroatoms. The van der Waals surface area contributed by atoms with E-state index in [0.717, 1.165) is 4.88 Å². The van der Waals surface area contributed by atoms with Gasteiger partial charge in [-0.15, -0.1) is 21.5 Å². The molecule has 2 heterocycles. The molecule has 0 saturated carbocycles. The zero-order valence-electron chi connectivity index (χ0n) is 13.4. The topological polar surface area (TPSA) is 85.5 Å². The summed E-state index contributed by atoms with van der Waals surface area (Å²) >= 11 is 2.80. The van der Waals surface area contributed by atoms with E-state index in [1.807, 2.05) is 17.5 Å². The summed E-state index contributed by atoms with van der Waals surface area (Å²) in [6, 6.07) is 10.6. The molecular weight excluding hydrogens is 360 g/mol. The van der Waals surface area contributed by atoms with Gasteiger partial charge in [-0.3, -0.25) is 4.79 Å². The molecule has 25 heavy (non-hydrogen) atoms. The maximum Gasteiger partial charge on any atom is 0.276 e. The molecule has 0 saturated heterocycles. The maximum absolute atomic E-state index is 11.2. The van der Waals surface area contributed by atoms with E-state index in [1.165, 1.54) is 30.0 Å². The van der Waals surface area contributed by atoms with E-state index in [9.17, 15) is 9.90 Å². The van der Waals surface area contributed by atoms with Crippen LogP contribution in [0, 0.1) is 0 Å². The summed E-state index contributed by atoms with van der Waals surface area (Å²) in [5.74, 6) is 1.46. The molecule has 1 unspecified atom stereocenters. The van der Waals surface area contributed by atoms with Crippen molar-refractivity contribution in [3.05, 3.63) is 47.3 Å². The number of ether oxygens (including phenoxy) is 1. The summed E-state index contributed by atoms with van der Waals surface area (Å²) in [5, 5.41) is 20.3. The Morgan fingerprint density at radius 2 is 2.12 bits per heavy atom. The Bertz CT molecular complexity index is 816. The van der Waals surface area contributed by atoms with Gasteiger partial charge in [-0.2, -0.15) is 0 Å². The number of benzene rings is 1. The minimum Gasteiger partial charge on any atom is -0.491 e. The van der Waals surface area contributed by atoms with Crippen molar-refractivity contribution in [2.75, 3.05) is 12.4 Å². The van der Waals surface area contributed by atoms with Gasteiger partial charge in [0.1, 0.15) is 12.4 Å². The highest BCUT2D eigenvalue weighted by molar-refractivity contribution is 7.99. The molecule has 0 radical (unpaired) electrons. The Morgan fingerprint density at radius 1 is 1.32 bits per heavy atom. The van der Waals surface area contributed by atoms with E-state index in [4.69, 9.17) is 9.15 Å². The lowest BCUT2D eigenvalue weighted by molar-refractivity contribution is 0.101. The molecule has 0 aliphatic heterocycles. The lowest BCUT2D eigenvalue weighted by atomic mass is 10.1. The summed E-state index contributed by atoms with van der Waals surface area (Å²) in [7, 11) is 0. The van der Waals surface area contributed by atoms with Gasteiger partial charge < -0.3 is 14.3 Å². The van der Waals surface area contributed by atoms with Crippen LogP contribution in [-0.4, -0.2) is 39.6 Å². The van der Waals surface area contributed by atoms with Crippen LogP contribution in [0.15, 0.2) is 51.4 Å². The van der Waals surface area contributed by atoms with E-state index in [0.29, 0.717) is 28.2 Å². The fourth-order valence-corrected chi connectivity index (χ4v) is 3.27. The van der Waals surface area contributed by atoms with Gasteiger partial charge in [-0.1, -0.05) is 17.8 Å². The number of carbonyl (C=O) groups is 1. The number of hydrogen-bond acceptors (Lipinski definition) is 8. The largest absolute Gasteiger partial charge is 0.491 e. The normalized spacial score (nSPS) is 12.1. The van der Waals surface area contributed by atoms with Crippen molar-refractivity contribution in [1.82, 2.24) is 10.2 Å². The third-order valence-corrected chi connectivity index (χ3v) is 5.06. The molecule has 6 nitrogen and oxygen atoms in total. The van der Waals surface area contributed by atoms with E-state index in [1.54, 1.807) is 24.3 Å². The van der Waals surface area contributed by atoms with Crippen LogP contribution in [0.1, 0.15) is 17.3 Å². The van der Waals surface area contributed by atoms with Crippen molar-refractivity contribution >= 4 is 28.9 Å². The second-order valence-electron chi connectivity index (χ2n) is 5.21. The van der Waals surface area contributed by atoms with Crippen molar-refractivity contribution in [3.8, 4) is 16.5 Å². The number of carbonyl (C=O) groups excluding carboxylic acids is 1. The molecule has 1 aromatic carbocycles. The van der Waals surface area contributed by atoms with E-state index < -0.39 is 6.10 Å². The number of aromatic nitrogens is 2. The molecule has 0 aliphatic rings. The van der Waals surface area contributed by atoms with Crippen molar-refractivity contribution < 1.29 is 19.1 Å². The van der Waals surface area contributed by atoms with Crippen LogP contribution < -0.4 is 4.74 Å². The van der Waals surface area contributed by atoms with Crippen LogP contribution >= 0.6 is 23.1 Å². The predicted octanol–water partition coefficient (Wildman–Crippen LogP) is 3.53. The molecule has 0 spiro atoms. The number of Topliss-reactive ketones (excluding diaryl/α,β-unsaturated/α-hetero) is 1. The summed E-state index contributed by atoms with van der Waals surface area (Å²) < 4.78 is 11.1. The SMILES string of the molecule is CC(=O)c1ccc(OCC(O)CSc2nnc(-c3cccs3)o2)cc1. The highest BCUT2D eigenvalue weighted by Crippen LogP contribution is 2.26. The molecule has 2 aromatic heterocycles. The Morgan fingerprint density at radius 3 is 2.80 bits per heavy atom. The molecular formula is C17H16N2O4S2. The Kier molecular flexibility index (Phi) is 5.85. The Labute approximate surface area is 152 Å². The van der Waals surface area contributed by atoms with Crippen LogP contribution in [0.5, 0.6) is 5.75 Å². The van der Waals surface area contributed by atoms with Gasteiger partial charge in [0.25, 0.3) is 11.1 Å². The van der Waals surface area contributed by atoms with Crippen molar-refractivity contribution in [1.29, 1.82) is 0 Å². The first-order valence-corrected chi connectivity index (χ1v) is 9.40. The maximum atomic E-state index is 11.2. The first kappa shape index (κ1) is 17.7. The van der Waals surface area contributed by atoms with Crippen LogP contribution in [-0.2, 0) is 0 Å². The summed E-state index contributed by atoms with van der Waals surface area (Å²) in [6.45, 7) is 1.65. The smallest absolute Gasteiger partial charge is 0.276 e. The Balaban J connectivity index is 1.45. The zero-order chi connectivity index (χ0) is 17.6. The number of aliphatic hydroxyl groups is 1. The van der Waals surface area contributed by atoms with Gasteiger partial charge in [0.15, 0.2) is 5.78 Å². The van der Waals surface area contributed by atoms with Gasteiger partial charge in [-0.05, 0) is 42.6 Å². The highest BCUT2D eigenvalue weighted by atomic mass is 32.2. The van der Waals surface area contributed by atoms with Gasteiger partial charge >= 0.3 is 0 Å². The molecule has 1 N–H and O–H groups in total. The Hall–Kier alpha value is -2.16. The monoisotopic (exact) mass is 376 g/mol. The van der Waals surface area contributed by atoms with Crippen LogP contribution in [0.4, 0.5) is 0 Å². The molecule has 0 bridgehead atoms. The van der Waals surface area contributed by atoms with Crippen molar-refractivity contribution in [2.24, 2.45) is 0 Å². The van der Waals surface area contributed by atoms with Gasteiger partial charge in [0, 0.05) is 11.3 Å². The molecule has 0 aliphatic carbocycles. The fourth-order valence-electron chi connectivity index (χ4n) is 1.96. The summed E-state index contributed by atoms with van der Waals surface area (Å²) in [6.07, 6.45) is -0.686. The van der Waals surface area contributed by atoms with E-state index in [2.05, 4.69) is 10.2 Å². The molecule has 0 amide bonds. The van der Waals surface area contributed by atoms with E-state index in [-0.39, 0.29) is 12.4 Å². The number of thiophene rings is 1. The second-order valence-corrected chi connectivity index (χ2v) is 7.13. The third kappa shape index (κ3) is 4.91. The van der Waals surface area contributed by atoms with Crippen LogP contribution in [0.3, 0.4) is 0 Å². The van der Waals surface area contributed by atoms with Crippen LogP contribution in [0.2, 0.25) is 0 Å². The highest BCUT2D eigenvalue weighted by Gasteiger charge is 2.13. The first-order chi connectivity index (χ1) is 12.1. The van der Waals surface area contributed by atoms with Gasteiger partial charge in [0.05, 0.1) is 11.0 Å². The zero-order valence-corrected chi connectivity index (χ0v) is 15.0. The standard InChI is InChI=1S/C17H16N2O4S2/c1-11(20)12-4-6-14(7-5-12)22-9-13(21)10-25-17-19-18-16(23-17)15-3-2-8-24-15/h2-8,13,21H,9-10H2,1H3. The number of thioether (sulfide) groups is 1. The lowest BCUT2D eigenvalue weighted by Gasteiger charge is -2.11. The fraction of sp³-hybridized carbons (Fsp3) is 0.235. The summed E-state index contributed by atoms with van der Waals surface area (Å²) in [4.78, 5) is 12.1. The minimum absolute atomic E-state index is 0.00413.